The number of carboxylic acids is 1. The normalized spacial score (nSPS) is 28.2. The summed E-state index contributed by atoms with van der Waals surface area (Å²) in [6.45, 7) is 3.47. The third-order valence-corrected chi connectivity index (χ3v) is 6.65. The highest BCUT2D eigenvalue weighted by molar-refractivity contribution is 6.10. The molecule has 0 saturated carbocycles. The average molecular weight is 375 g/mol. The molecule has 5 heteroatoms. The summed E-state index contributed by atoms with van der Waals surface area (Å²) in [7, 11) is 0. The Hall–Kier alpha value is -2.95. The van der Waals surface area contributed by atoms with Gasteiger partial charge in [0.15, 0.2) is 0 Å². The maximum atomic E-state index is 13.5. The van der Waals surface area contributed by atoms with Crippen molar-refractivity contribution in [3.8, 4) is 0 Å². The van der Waals surface area contributed by atoms with E-state index in [1.165, 1.54) is 0 Å². The number of carbonyl (C=O) groups is 3. The number of amides is 2. The molecule has 6 rings (SSSR count). The van der Waals surface area contributed by atoms with Crippen LogP contribution in [0.4, 0.5) is 0 Å². The van der Waals surface area contributed by atoms with Gasteiger partial charge in [-0.25, -0.2) is 4.79 Å². The van der Waals surface area contributed by atoms with Crippen molar-refractivity contribution in [2.45, 2.75) is 31.7 Å². The van der Waals surface area contributed by atoms with Crippen LogP contribution in [0.25, 0.3) is 0 Å². The predicted molar refractivity (Wildman–Crippen MR) is 102 cm³/mol. The molecule has 0 unspecified atom stereocenters. The van der Waals surface area contributed by atoms with Gasteiger partial charge in [-0.1, -0.05) is 62.4 Å². The second-order valence-corrected chi connectivity index (χ2v) is 8.34. The fourth-order valence-corrected chi connectivity index (χ4v) is 5.67. The van der Waals surface area contributed by atoms with E-state index in [1.807, 2.05) is 48.5 Å². The average Bonchev–Trinajstić information content (AvgIpc) is 2.93. The number of aliphatic carboxylic acids is 1. The maximum absolute atomic E-state index is 13.5. The number of hydrogen-bond acceptors (Lipinski definition) is 3. The van der Waals surface area contributed by atoms with E-state index in [9.17, 15) is 19.5 Å². The van der Waals surface area contributed by atoms with Crippen LogP contribution < -0.4 is 0 Å². The minimum absolute atomic E-state index is 0.203. The summed E-state index contributed by atoms with van der Waals surface area (Å²) in [5.74, 6) is -3.61. The molecule has 5 nitrogen and oxygen atoms in total. The summed E-state index contributed by atoms with van der Waals surface area (Å²) in [4.78, 5) is 39.9. The van der Waals surface area contributed by atoms with Gasteiger partial charge in [-0.15, -0.1) is 0 Å². The molecule has 4 aliphatic rings. The van der Waals surface area contributed by atoms with Crippen molar-refractivity contribution >= 4 is 17.8 Å². The number of imide groups is 1. The lowest BCUT2D eigenvalue weighted by Gasteiger charge is -2.45. The molecule has 0 radical (unpaired) electrons. The number of carboxylic acid groups (broad SMARTS) is 1. The minimum Gasteiger partial charge on any atom is -0.480 e. The first kappa shape index (κ1) is 17.2. The van der Waals surface area contributed by atoms with Crippen molar-refractivity contribution in [2.24, 2.45) is 17.8 Å². The van der Waals surface area contributed by atoms with Gasteiger partial charge in [-0.05, 0) is 28.2 Å². The number of hydrogen-bond donors (Lipinski definition) is 1. The van der Waals surface area contributed by atoms with Crippen LogP contribution in [0, 0.1) is 17.8 Å². The van der Waals surface area contributed by atoms with Gasteiger partial charge < -0.3 is 5.11 Å². The molecule has 0 spiro atoms. The fraction of sp³-hybridized carbons (Fsp3) is 0.348. The predicted octanol–water partition coefficient (Wildman–Crippen LogP) is 2.99. The quantitative estimate of drug-likeness (QED) is 0.837. The van der Waals surface area contributed by atoms with Crippen LogP contribution >= 0.6 is 0 Å². The Morgan fingerprint density at radius 3 is 1.46 bits per heavy atom. The Bertz CT molecular complexity index is 911. The highest BCUT2D eigenvalue weighted by Gasteiger charge is 2.63. The zero-order valence-electron chi connectivity index (χ0n) is 15.7. The summed E-state index contributed by atoms with van der Waals surface area (Å²) in [6, 6.07) is 14.9. The van der Waals surface area contributed by atoms with Crippen LogP contribution in [-0.4, -0.2) is 33.8 Å². The van der Waals surface area contributed by atoms with E-state index in [1.54, 1.807) is 13.8 Å². The van der Waals surface area contributed by atoms with Crippen molar-refractivity contribution in [1.29, 1.82) is 0 Å². The molecule has 3 aliphatic carbocycles. The van der Waals surface area contributed by atoms with Crippen molar-refractivity contribution < 1.29 is 19.5 Å². The second-order valence-electron chi connectivity index (χ2n) is 8.34. The lowest BCUT2D eigenvalue weighted by molar-refractivity contribution is -0.157. The molecule has 0 aromatic heterocycles. The first-order chi connectivity index (χ1) is 13.4. The summed E-state index contributed by atoms with van der Waals surface area (Å²) in [5.41, 5.74) is 4.36. The molecular weight excluding hydrogens is 354 g/mol. The van der Waals surface area contributed by atoms with Crippen LogP contribution in [0.15, 0.2) is 48.5 Å². The van der Waals surface area contributed by atoms with Gasteiger partial charge in [0.25, 0.3) is 0 Å². The van der Waals surface area contributed by atoms with Crippen LogP contribution in [0.1, 0.15) is 47.9 Å². The third-order valence-electron chi connectivity index (χ3n) is 6.65. The molecule has 2 bridgehead atoms. The summed E-state index contributed by atoms with van der Waals surface area (Å²) < 4.78 is 0. The number of likely N-dealkylation sites (tertiary alicyclic amines) is 1. The third kappa shape index (κ3) is 1.99. The van der Waals surface area contributed by atoms with Gasteiger partial charge in [0.05, 0.1) is 11.8 Å². The van der Waals surface area contributed by atoms with Crippen molar-refractivity contribution in [3.63, 3.8) is 0 Å². The molecule has 1 saturated heterocycles. The van der Waals surface area contributed by atoms with Gasteiger partial charge in [-0.3, -0.25) is 14.5 Å². The van der Waals surface area contributed by atoms with Crippen LogP contribution in [-0.2, 0) is 14.4 Å². The zero-order chi connectivity index (χ0) is 19.7. The number of nitrogens with zero attached hydrogens (tertiary/aromatic N) is 1. The first-order valence-electron chi connectivity index (χ1n) is 9.70. The SMILES string of the molecule is CC(C)[C@H](C(=O)O)N1C(=O)[C@@H]2C3c4ccccc4C(c4ccccc43)[C@H]2C1=O. The highest BCUT2D eigenvalue weighted by Crippen LogP contribution is 2.61. The monoisotopic (exact) mass is 375 g/mol. The second kappa shape index (κ2) is 5.77. The lowest BCUT2D eigenvalue weighted by atomic mass is 9.55. The number of rotatable bonds is 3. The summed E-state index contributed by atoms with van der Waals surface area (Å²) in [6.07, 6.45) is 0. The van der Waals surface area contributed by atoms with Gasteiger partial charge in [0.2, 0.25) is 11.8 Å². The highest BCUT2D eigenvalue weighted by atomic mass is 16.4. The molecule has 1 heterocycles. The minimum atomic E-state index is -1.13. The summed E-state index contributed by atoms with van der Waals surface area (Å²) in [5, 5.41) is 9.72. The standard InChI is InChI=1S/C23H21NO4/c1-11(2)20(23(27)28)24-21(25)18-16-12-7-3-4-8-13(12)17(19(18)22(24)26)15-10-6-5-9-14(15)16/h3-11,16-20H,1-2H3,(H,27,28)/t16?,17?,18-,19-,20-/m1/s1. The van der Waals surface area contributed by atoms with Gasteiger partial charge in [0, 0.05) is 11.8 Å². The van der Waals surface area contributed by atoms with E-state index in [0.717, 1.165) is 27.2 Å². The van der Waals surface area contributed by atoms with E-state index in [2.05, 4.69) is 0 Å². The molecule has 142 valence electrons. The lowest BCUT2D eigenvalue weighted by Crippen LogP contribution is -2.48. The molecule has 2 aromatic rings. The Labute approximate surface area is 163 Å². The Morgan fingerprint density at radius 2 is 1.18 bits per heavy atom. The zero-order valence-corrected chi connectivity index (χ0v) is 15.7. The van der Waals surface area contributed by atoms with Crippen molar-refractivity contribution in [3.05, 3.63) is 70.8 Å². The molecule has 28 heavy (non-hydrogen) atoms. The number of benzene rings is 2. The molecule has 1 fully saturated rings. The first-order valence-corrected chi connectivity index (χ1v) is 9.70. The molecule has 1 N–H and O–H groups in total. The van der Waals surface area contributed by atoms with Crippen LogP contribution in [0.5, 0.6) is 0 Å². The topological polar surface area (TPSA) is 74.7 Å². The smallest absolute Gasteiger partial charge is 0.327 e. The van der Waals surface area contributed by atoms with Gasteiger partial charge in [0.1, 0.15) is 6.04 Å². The number of carbonyl (C=O) groups excluding carboxylic acids is 2. The molecule has 2 aromatic carbocycles. The van der Waals surface area contributed by atoms with E-state index < -0.39 is 23.8 Å². The molecule has 2 amide bonds. The maximum Gasteiger partial charge on any atom is 0.327 e. The largest absolute Gasteiger partial charge is 0.480 e. The molecule has 1 aliphatic heterocycles. The van der Waals surface area contributed by atoms with E-state index >= 15 is 0 Å². The van der Waals surface area contributed by atoms with Gasteiger partial charge >= 0.3 is 5.97 Å². The van der Waals surface area contributed by atoms with Crippen molar-refractivity contribution in [1.82, 2.24) is 4.90 Å². The van der Waals surface area contributed by atoms with E-state index in [0.29, 0.717) is 0 Å². The van der Waals surface area contributed by atoms with Crippen molar-refractivity contribution in [2.75, 3.05) is 0 Å². The van der Waals surface area contributed by atoms with Gasteiger partial charge in [-0.2, -0.15) is 0 Å². The van der Waals surface area contributed by atoms with E-state index in [-0.39, 0.29) is 29.6 Å². The summed E-state index contributed by atoms with van der Waals surface area (Å²) >= 11 is 0. The van der Waals surface area contributed by atoms with E-state index in [4.69, 9.17) is 0 Å². The van der Waals surface area contributed by atoms with Crippen LogP contribution in [0.2, 0.25) is 0 Å². The Kier molecular flexibility index (Phi) is 3.54. The van der Waals surface area contributed by atoms with Crippen LogP contribution in [0.3, 0.4) is 0 Å². The Morgan fingerprint density at radius 1 is 0.821 bits per heavy atom. The Balaban J connectivity index is 1.72. The fourth-order valence-electron chi connectivity index (χ4n) is 5.67. The molecule has 3 atom stereocenters. The molecular formula is C23H21NO4.